The minimum atomic E-state index is -5.17. The van der Waals surface area contributed by atoms with E-state index in [4.69, 9.17) is 33.0 Å². The van der Waals surface area contributed by atoms with Crippen molar-refractivity contribution >= 4 is 29.2 Å². The van der Waals surface area contributed by atoms with Crippen molar-refractivity contribution in [3.63, 3.8) is 0 Å². The summed E-state index contributed by atoms with van der Waals surface area (Å²) >= 11 is 12.5. The van der Waals surface area contributed by atoms with E-state index < -0.39 is 46.2 Å². The van der Waals surface area contributed by atoms with Crippen molar-refractivity contribution in [2.75, 3.05) is 0 Å². The van der Waals surface area contributed by atoms with Crippen LogP contribution in [-0.4, -0.2) is 26.9 Å². The van der Waals surface area contributed by atoms with Gasteiger partial charge in [-0.1, -0.05) is 36.2 Å². The third kappa shape index (κ3) is 4.86. The molecule has 0 radical (unpaired) electrons. The number of nitrogens with zero attached hydrogens (tertiary/aromatic N) is 1. The molecule has 0 spiro atoms. The van der Waals surface area contributed by atoms with E-state index in [1.165, 1.54) is 13.1 Å². The molecule has 6 nitrogen and oxygen atoms in total. The predicted molar refractivity (Wildman–Crippen MR) is 120 cm³/mol. The molecule has 0 aliphatic carbocycles. The molecule has 186 valence electrons. The molecule has 0 fully saturated rings. The van der Waals surface area contributed by atoms with E-state index in [9.17, 15) is 32.3 Å². The average molecular weight is 534 g/mol. The second-order valence-corrected chi connectivity index (χ2v) is 8.44. The van der Waals surface area contributed by atoms with Crippen LogP contribution in [0.2, 0.25) is 10.0 Å². The summed E-state index contributed by atoms with van der Waals surface area (Å²) in [6.45, 7) is 1.09. The highest BCUT2D eigenvalue weighted by Crippen LogP contribution is 2.51. The Morgan fingerprint density at radius 2 is 1.74 bits per heavy atom. The van der Waals surface area contributed by atoms with Crippen LogP contribution in [0.1, 0.15) is 34.3 Å². The average Bonchev–Trinajstić information content (AvgIpc) is 2.77. The molecule has 0 unspecified atom stereocenters. The van der Waals surface area contributed by atoms with Crippen molar-refractivity contribution in [1.29, 1.82) is 0 Å². The quantitative estimate of drug-likeness (QED) is 0.386. The van der Waals surface area contributed by atoms with E-state index in [1.807, 2.05) is 0 Å². The molecule has 0 aliphatic heterocycles. The zero-order valence-corrected chi connectivity index (χ0v) is 19.5. The number of ether oxygens (including phenoxy) is 1. The second-order valence-electron chi connectivity index (χ2n) is 7.68. The molecule has 35 heavy (non-hydrogen) atoms. The lowest BCUT2D eigenvalue weighted by molar-refractivity contribution is -0.274. The van der Waals surface area contributed by atoms with Gasteiger partial charge in [0, 0.05) is 36.9 Å². The van der Waals surface area contributed by atoms with E-state index in [2.05, 4.69) is 0 Å². The van der Waals surface area contributed by atoms with Crippen LogP contribution in [0.15, 0.2) is 53.5 Å². The molecule has 1 heterocycles. The number of aliphatic hydroxyl groups is 1. The van der Waals surface area contributed by atoms with Crippen LogP contribution in [0.25, 0.3) is 0 Å². The summed E-state index contributed by atoms with van der Waals surface area (Å²) in [4.78, 5) is 22.6. The van der Waals surface area contributed by atoms with Crippen molar-refractivity contribution in [2.24, 2.45) is 7.05 Å². The number of carboxylic acids is 1. The number of aryl methyl sites for hydroxylation is 1. The van der Waals surface area contributed by atoms with Crippen LogP contribution in [0.5, 0.6) is 11.5 Å². The van der Waals surface area contributed by atoms with Gasteiger partial charge >= 0.3 is 12.1 Å². The zero-order chi connectivity index (χ0) is 26.3. The molecule has 0 saturated heterocycles. The number of hydrogen-bond donors (Lipinski definition) is 2. The molecule has 2 atom stereocenters. The first-order valence-corrected chi connectivity index (χ1v) is 10.6. The van der Waals surface area contributed by atoms with E-state index in [0.717, 1.165) is 54.1 Å². The maximum atomic E-state index is 14.2. The van der Waals surface area contributed by atoms with Gasteiger partial charge in [-0.25, -0.2) is 9.18 Å². The van der Waals surface area contributed by atoms with Gasteiger partial charge in [0.25, 0.3) is 0 Å². The Bertz CT molecular complexity index is 1360. The Morgan fingerprint density at radius 3 is 2.29 bits per heavy atom. The van der Waals surface area contributed by atoms with Crippen LogP contribution < -0.4 is 10.3 Å². The normalized spacial score (nSPS) is 14.3. The lowest BCUT2D eigenvalue weighted by Gasteiger charge is -2.37. The molecule has 0 amide bonds. The number of aromatic nitrogens is 1. The third-order valence-electron chi connectivity index (χ3n) is 5.53. The van der Waals surface area contributed by atoms with Crippen LogP contribution in [0, 0.1) is 5.82 Å². The van der Waals surface area contributed by atoms with Gasteiger partial charge in [0.15, 0.2) is 5.60 Å². The summed E-state index contributed by atoms with van der Waals surface area (Å²) in [5.74, 6) is -4.53. The molecule has 1 aromatic heterocycles. The molecule has 0 bridgehead atoms. The Hall–Kier alpha value is -3.08. The number of carbonyl (C=O) groups is 1. The molecule has 12 heteroatoms. The molecular formula is C23H17Cl2F4NO5. The summed E-state index contributed by atoms with van der Waals surface area (Å²) in [5, 5.41) is 19.2. The number of carboxylic acid groups (broad SMARTS) is 1. The summed E-state index contributed by atoms with van der Waals surface area (Å²) in [5.41, 5.74) is -5.35. The summed E-state index contributed by atoms with van der Waals surface area (Å²) in [7, 11) is 1.25. The van der Waals surface area contributed by atoms with Gasteiger partial charge < -0.3 is 19.5 Å². The lowest BCUT2D eigenvalue weighted by Crippen LogP contribution is -2.47. The first-order chi connectivity index (χ1) is 16.2. The monoisotopic (exact) mass is 533 g/mol. The number of pyridine rings is 1. The van der Waals surface area contributed by atoms with Crippen LogP contribution in [0.4, 0.5) is 17.6 Å². The Morgan fingerprint density at radius 1 is 1.09 bits per heavy atom. The standard InChI is InChI=1S/C23H17Cl2F4NO5/c1-11(22(34,23(27,28)29)12-3-8-18(31)30(2)10-12)14-6-7-17(20(25)19(14)24)35-13-4-5-15(21(32)33)16(26)9-13/h3-11,34H,1-2H3,(H,32,33)/t11-,22-/m1/s1. The summed E-state index contributed by atoms with van der Waals surface area (Å²) < 4.78 is 62.8. The molecule has 2 N–H and O–H groups in total. The van der Waals surface area contributed by atoms with Crippen LogP contribution >= 0.6 is 23.2 Å². The Kier molecular flexibility index (Phi) is 7.21. The number of hydrogen-bond acceptors (Lipinski definition) is 4. The fourth-order valence-electron chi connectivity index (χ4n) is 3.52. The number of rotatable bonds is 6. The number of alkyl halides is 3. The van der Waals surface area contributed by atoms with Crippen molar-refractivity contribution < 1.29 is 37.3 Å². The van der Waals surface area contributed by atoms with Gasteiger partial charge in [-0.3, -0.25) is 4.79 Å². The fraction of sp³-hybridized carbons (Fsp3) is 0.217. The summed E-state index contributed by atoms with van der Waals surface area (Å²) in [6, 6.07) is 7.06. The molecule has 0 aliphatic rings. The van der Waals surface area contributed by atoms with Crippen molar-refractivity contribution in [2.45, 2.75) is 24.6 Å². The largest absolute Gasteiger partial charge is 0.478 e. The highest BCUT2D eigenvalue weighted by molar-refractivity contribution is 6.43. The van der Waals surface area contributed by atoms with Gasteiger partial charge in [-0.15, -0.1) is 0 Å². The number of aromatic carboxylic acids is 1. The third-order valence-corrected chi connectivity index (χ3v) is 6.41. The molecular weight excluding hydrogens is 517 g/mol. The number of halogens is 6. The summed E-state index contributed by atoms with van der Waals surface area (Å²) in [6.07, 6.45) is -4.28. The maximum Gasteiger partial charge on any atom is 0.422 e. The van der Waals surface area contributed by atoms with Gasteiger partial charge in [-0.05, 0) is 29.8 Å². The molecule has 0 saturated carbocycles. The SMILES string of the molecule is C[C@H](c1ccc(Oc2ccc(C(=O)O)c(F)c2)c(Cl)c1Cl)[C@@](O)(c1ccc(=O)n(C)c1)C(F)(F)F. The molecule has 3 aromatic rings. The first kappa shape index (κ1) is 26.5. The van der Waals surface area contributed by atoms with E-state index in [1.54, 1.807) is 0 Å². The van der Waals surface area contributed by atoms with E-state index >= 15 is 0 Å². The number of benzene rings is 2. The fourth-order valence-corrected chi connectivity index (χ4v) is 4.05. The topological polar surface area (TPSA) is 88.8 Å². The lowest BCUT2D eigenvalue weighted by atomic mass is 9.78. The first-order valence-electron chi connectivity index (χ1n) is 9.83. The van der Waals surface area contributed by atoms with Crippen molar-refractivity contribution in [3.8, 4) is 11.5 Å². The molecule has 3 rings (SSSR count). The highest BCUT2D eigenvalue weighted by atomic mass is 35.5. The Balaban J connectivity index is 2.04. The smallest absolute Gasteiger partial charge is 0.422 e. The minimum absolute atomic E-state index is 0.136. The van der Waals surface area contributed by atoms with E-state index in [-0.39, 0.29) is 27.1 Å². The predicted octanol–water partition coefficient (Wildman–Crippen LogP) is 5.88. The van der Waals surface area contributed by atoms with Crippen LogP contribution in [-0.2, 0) is 12.6 Å². The molecule has 2 aromatic carbocycles. The minimum Gasteiger partial charge on any atom is -0.478 e. The second kappa shape index (κ2) is 9.52. The van der Waals surface area contributed by atoms with Crippen molar-refractivity contribution in [1.82, 2.24) is 4.57 Å². The van der Waals surface area contributed by atoms with Gasteiger partial charge in [0.05, 0.1) is 10.6 Å². The van der Waals surface area contributed by atoms with E-state index in [0.29, 0.717) is 0 Å². The zero-order valence-electron chi connectivity index (χ0n) is 18.0. The van der Waals surface area contributed by atoms with Crippen molar-refractivity contribution in [3.05, 3.63) is 91.6 Å². The van der Waals surface area contributed by atoms with Gasteiger partial charge in [-0.2, -0.15) is 13.2 Å². The maximum absolute atomic E-state index is 14.2. The highest BCUT2D eigenvalue weighted by Gasteiger charge is 2.59. The Labute approximate surface area is 205 Å². The van der Waals surface area contributed by atoms with Crippen LogP contribution in [0.3, 0.4) is 0 Å². The van der Waals surface area contributed by atoms with Gasteiger partial charge in [0.2, 0.25) is 5.56 Å². The van der Waals surface area contributed by atoms with Gasteiger partial charge in [0.1, 0.15) is 22.3 Å².